The van der Waals surface area contributed by atoms with E-state index in [1.165, 1.54) is 6.07 Å². The zero-order valence-corrected chi connectivity index (χ0v) is 15.5. The van der Waals surface area contributed by atoms with Gasteiger partial charge in [0, 0.05) is 44.8 Å². The summed E-state index contributed by atoms with van der Waals surface area (Å²) in [5.41, 5.74) is 4.02. The van der Waals surface area contributed by atoms with Crippen LogP contribution in [0.2, 0.25) is 5.02 Å². The summed E-state index contributed by atoms with van der Waals surface area (Å²) in [6.45, 7) is 3.71. The number of H-pyrrole nitrogens is 1. The molecule has 4 aromatic rings. The maximum Gasteiger partial charge on any atom is 0.255 e. The molecule has 2 heterocycles. The number of nitrogens with zero attached hydrogens (tertiary/aromatic N) is 1. The summed E-state index contributed by atoms with van der Waals surface area (Å²) in [6.07, 6.45) is 1.63. The number of amides is 1. The Morgan fingerprint density at radius 2 is 1.89 bits per heavy atom. The zero-order valence-electron chi connectivity index (χ0n) is 14.8. The fourth-order valence-corrected chi connectivity index (χ4v) is 3.31. The summed E-state index contributed by atoms with van der Waals surface area (Å²) in [4.78, 5) is 32.5. The van der Waals surface area contributed by atoms with Crippen molar-refractivity contribution in [2.45, 2.75) is 13.8 Å². The predicted molar refractivity (Wildman–Crippen MR) is 109 cm³/mol. The van der Waals surface area contributed by atoms with Gasteiger partial charge in [-0.15, -0.1) is 0 Å². The number of hydrogen-bond donors (Lipinski definition) is 2. The van der Waals surface area contributed by atoms with E-state index in [0.717, 1.165) is 22.2 Å². The third kappa shape index (κ3) is 3.06. The van der Waals surface area contributed by atoms with Crippen molar-refractivity contribution in [3.63, 3.8) is 0 Å². The topological polar surface area (TPSA) is 74.8 Å². The van der Waals surface area contributed by atoms with Crippen LogP contribution in [0.4, 0.5) is 5.69 Å². The van der Waals surface area contributed by atoms with Crippen LogP contribution < -0.4 is 10.7 Å². The monoisotopic (exact) mass is 377 g/mol. The number of carbonyl (C=O) groups is 1. The maximum absolute atomic E-state index is 12.8. The number of nitrogens with one attached hydrogen (secondary N) is 2. The first-order valence-corrected chi connectivity index (χ1v) is 8.81. The zero-order chi connectivity index (χ0) is 19.1. The fourth-order valence-electron chi connectivity index (χ4n) is 3.16. The van der Waals surface area contributed by atoms with E-state index in [4.69, 9.17) is 11.6 Å². The lowest BCUT2D eigenvalue weighted by atomic mass is 10.1. The molecule has 0 aliphatic rings. The summed E-state index contributed by atoms with van der Waals surface area (Å²) >= 11 is 6.16. The largest absolute Gasteiger partial charge is 0.358 e. The molecular weight excluding hydrogens is 362 g/mol. The van der Waals surface area contributed by atoms with E-state index in [2.05, 4.69) is 15.3 Å². The number of pyridine rings is 2. The van der Waals surface area contributed by atoms with Crippen molar-refractivity contribution in [1.29, 1.82) is 0 Å². The number of carbonyl (C=O) groups excluding carboxylic acids is 1. The molecule has 0 aliphatic carbocycles. The molecule has 1 amide bonds. The summed E-state index contributed by atoms with van der Waals surface area (Å²) in [6, 6.07) is 11.9. The molecule has 0 aliphatic heterocycles. The first kappa shape index (κ1) is 17.2. The Balaban J connectivity index is 1.75. The van der Waals surface area contributed by atoms with Crippen LogP contribution in [0.15, 0.2) is 53.5 Å². The molecule has 0 bridgehead atoms. The van der Waals surface area contributed by atoms with E-state index in [1.807, 2.05) is 19.9 Å². The lowest BCUT2D eigenvalue weighted by Crippen LogP contribution is -2.13. The molecule has 5 nitrogen and oxygen atoms in total. The molecule has 0 unspecified atom stereocenters. The van der Waals surface area contributed by atoms with Gasteiger partial charge in [-0.3, -0.25) is 14.6 Å². The van der Waals surface area contributed by atoms with Gasteiger partial charge in [0.1, 0.15) is 0 Å². The van der Waals surface area contributed by atoms with Gasteiger partial charge in [-0.05, 0) is 55.8 Å². The van der Waals surface area contributed by atoms with Gasteiger partial charge in [0.05, 0.1) is 11.2 Å². The normalized spacial score (nSPS) is 11.1. The Hall–Kier alpha value is -3.18. The van der Waals surface area contributed by atoms with Crippen molar-refractivity contribution < 1.29 is 4.79 Å². The quantitative estimate of drug-likeness (QED) is 0.536. The molecule has 2 aromatic carbocycles. The van der Waals surface area contributed by atoms with Crippen molar-refractivity contribution in [2.24, 2.45) is 0 Å². The van der Waals surface area contributed by atoms with Crippen molar-refractivity contribution in [2.75, 3.05) is 5.32 Å². The smallest absolute Gasteiger partial charge is 0.255 e. The molecule has 6 heteroatoms. The molecule has 134 valence electrons. The minimum absolute atomic E-state index is 0.115. The SMILES string of the molecule is Cc1cc(=O)c2cc(C(=O)Nc3ccnc4c(C)c(Cl)ccc34)ccc2[nH]1. The Kier molecular flexibility index (Phi) is 4.16. The third-order valence-electron chi connectivity index (χ3n) is 4.57. The van der Waals surface area contributed by atoms with E-state index in [1.54, 1.807) is 36.5 Å². The number of fused-ring (bicyclic) bond motifs is 2. The molecule has 0 radical (unpaired) electrons. The molecule has 4 rings (SSSR count). The number of aromatic amines is 1. The highest BCUT2D eigenvalue weighted by atomic mass is 35.5. The molecule has 2 N–H and O–H groups in total. The number of hydrogen-bond acceptors (Lipinski definition) is 3. The molecule has 0 saturated carbocycles. The van der Waals surface area contributed by atoms with Crippen molar-refractivity contribution in [3.8, 4) is 0 Å². The van der Waals surface area contributed by atoms with E-state index >= 15 is 0 Å². The summed E-state index contributed by atoms with van der Waals surface area (Å²) in [5.74, 6) is -0.294. The lowest BCUT2D eigenvalue weighted by molar-refractivity contribution is 0.102. The molecule has 0 spiro atoms. The molecule has 0 saturated heterocycles. The highest BCUT2D eigenvalue weighted by Gasteiger charge is 2.12. The highest BCUT2D eigenvalue weighted by Crippen LogP contribution is 2.28. The third-order valence-corrected chi connectivity index (χ3v) is 4.98. The fraction of sp³-hybridized carbons (Fsp3) is 0.0952. The molecule has 0 fully saturated rings. The van der Waals surface area contributed by atoms with Gasteiger partial charge < -0.3 is 10.3 Å². The van der Waals surface area contributed by atoms with Crippen LogP contribution in [-0.2, 0) is 0 Å². The van der Waals surface area contributed by atoms with E-state index < -0.39 is 0 Å². The van der Waals surface area contributed by atoms with Gasteiger partial charge in [-0.2, -0.15) is 0 Å². The van der Waals surface area contributed by atoms with Crippen LogP contribution in [0.5, 0.6) is 0 Å². The minimum atomic E-state index is -0.294. The Bertz CT molecular complexity index is 1280. The Morgan fingerprint density at radius 1 is 1.07 bits per heavy atom. The van der Waals surface area contributed by atoms with Crippen LogP contribution in [0.3, 0.4) is 0 Å². The average molecular weight is 378 g/mol. The van der Waals surface area contributed by atoms with E-state index in [9.17, 15) is 9.59 Å². The van der Waals surface area contributed by atoms with Gasteiger partial charge in [-0.25, -0.2) is 0 Å². The van der Waals surface area contributed by atoms with Crippen LogP contribution in [-0.4, -0.2) is 15.9 Å². The van der Waals surface area contributed by atoms with Crippen molar-refractivity contribution in [1.82, 2.24) is 9.97 Å². The van der Waals surface area contributed by atoms with Crippen molar-refractivity contribution >= 4 is 45.0 Å². The number of anilines is 1. The number of benzene rings is 2. The molecular formula is C21H16ClN3O2. The van der Waals surface area contributed by atoms with Gasteiger partial charge >= 0.3 is 0 Å². The number of aromatic nitrogens is 2. The second kappa shape index (κ2) is 6.52. The Labute approximate surface area is 160 Å². The predicted octanol–water partition coefficient (Wildman–Crippen LogP) is 4.60. The van der Waals surface area contributed by atoms with Gasteiger partial charge in [0.25, 0.3) is 5.91 Å². The first-order chi connectivity index (χ1) is 12.9. The first-order valence-electron chi connectivity index (χ1n) is 8.43. The standard InChI is InChI=1S/C21H16ClN3O2/c1-11-9-19(26)15-10-13(3-6-17(15)24-11)21(27)25-18-7-8-23-20-12(2)16(22)5-4-14(18)20/h3-10H,1-2H3,(H,24,26)(H,23,25,27). The van der Waals surface area contributed by atoms with Crippen LogP contribution in [0, 0.1) is 13.8 Å². The number of halogens is 1. The molecule has 0 atom stereocenters. The Morgan fingerprint density at radius 3 is 2.70 bits per heavy atom. The highest BCUT2D eigenvalue weighted by molar-refractivity contribution is 6.32. The van der Waals surface area contributed by atoms with Crippen LogP contribution >= 0.6 is 11.6 Å². The number of aryl methyl sites for hydroxylation is 2. The second-order valence-electron chi connectivity index (χ2n) is 6.46. The average Bonchev–Trinajstić information content (AvgIpc) is 2.64. The van der Waals surface area contributed by atoms with Crippen molar-refractivity contribution in [3.05, 3.63) is 80.7 Å². The van der Waals surface area contributed by atoms with E-state index in [-0.39, 0.29) is 11.3 Å². The molecule has 27 heavy (non-hydrogen) atoms. The lowest BCUT2D eigenvalue weighted by Gasteiger charge is -2.11. The van der Waals surface area contributed by atoms with E-state index in [0.29, 0.717) is 27.2 Å². The van der Waals surface area contributed by atoms with Crippen LogP contribution in [0.25, 0.3) is 21.8 Å². The summed E-state index contributed by atoms with van der Waals surface area (Å²) in [5, 5.41) is 4.83. The molecule has 2 aromatic heterocycles. The van der Waals surface area contributed by atoms with Gasteiger partial charge in [-0.1, -0.05) is 11.6 Å². The summed E-state index contributed by atoms with van der Waals surface area (Å²) in [7, 11) is 0. The summed E-state index contributed by atoms with van der Waals surface area (Å²) < 4.78 is 0. The second-order valence-corrected chi connectivity index (χ2v) is 6.87. The number of rotatable bonds is 2. The van der Waals surface area contributed by atoms with Gasteiger partial charge in [0.15, 0.2) is 5.43 Å². The minimum Gasteiger partial charge on any atom is -0.358 e. The maximum atomic E-state index is 12.8. The van der Waals surface area contributed by atoms with Crippen LogP contribution in [0.1, 0.15) is 21.6 Å². The van der Waals surface area contributed by atoms with Gasteiger partial charge in [0.2, 0.25) is 0 Å².